The van der Waals surface area contributed by atoms with E-state index in [1.807, 2.05) is 84.3 Å². The maximum atomic E-state index is 14.1. The van der Waals surface area contributed by atoms with Crippen molar-refractivity contribution in [2.45, 2.75) is 91.3 Å². The molecule has 6 aromatic rings. The third kappa shape index (κ3) is 27.8. The van der Waals surface area contributed by atoms with Crippen LogP contribution in [0.15, 0.2) is 77.8 Å². The molecule has 107 heavy (non-hydrogen) atoms. The van der Waals surface area contributed by atoms with Crippen LogP contribution in [-0.4, -0.2) is 237 Å². The van der Waals surface area contributed by atoms with Gasteiger partial charge in [0, 0.05) is 71.1 Å². The maximum absolute atomic E-state index is 14.1. The van der Waals surface area contributed by atoms with Gasteiger partial charge in [-0.2, -0.15) is 5.48 Å². The van der Waals surface area contributed by atoms with Crippen LogP contribution in [0.25, 0.3) is 27.5 Å². The molecule has 2 atom stereocenters. The molecule has 1 saturated carbocycles. The first-order valence-electron chi connectivity index (χ1n) is 36.3. The molecule has 0 saturated heterocycles. The monoisotopic (exact) mass is 1560 g/mol. The fourth-order valence-electron chi connectivity index (χ4n) is 11.4. The summed E-state index contributed by atoms with van der Waals surface area (Å²) in [6.07, 6.45) is 3.90. The molecule has 2 unspecified atom stereocenters. The van der Waals surface area contributed by atoms with Crippen molar-refractivity contribution in [2.75, 3.05) is 176 Å². The SMILES string of the molecule is Cc1sc2c(c1C)C(c1ccc(Cl)cc1)=NC(CC(=O)NCCOCCOCCOCCNC(=O)CCOCCOCCOCCOCCNC(=O)CCC(=O)N1Cc3ccccc3-c3nnn(CCOCCOCCOCCOCCC(=O)NO[P+](=S)OCC4CCC4)c3-c3ccccc31)c1nnc(C)n1-2. The van der Waals surface area contributed by atoms with Crippen LogP contribution in [0, 0.1) is 26.7 Å². The molecule has 1 fully saturated rings. The zero-order chi connectivity index (χ0) is 75.2. The van der Waals surface area contributed by atoms with Crippen LogP contribution in [0.1, 0.15) is 96.2 Å². The fraction of sp³-hybridized carbons (Fsp3) is 0.562. The number of hydroxylamine groups is 1. The van der Waals surface area contributed by atoms with E-state index in [0.717, 1.165) is 68.5 Å². The Morgan fingerprint density at radius 3 is 1.69 bits per heavy atom. The van der Waals surface area contributed by atoms with Gasteiger partial charge in [0.1, 0.15) is 29.2 Å². The van der Waals surface area contributed by atoms with Crippen LogP contribution in [0.4, 0.5) is 5.69 Å². The number of hydrogen-bond donors (Lipinski definition) is 4. The number of aromatic nitrogens is 6. The van der Waals surface area contributed by atoms with Crippen molar-refractivity contribution >= 4 is 82.8 Å². The molecule has 9 rings (SSSR count). The number of carbonyl (C=O) groups is 5. The Balaban J connectivity index is 0.526. The lowest BCUT2D eigenvalue weighted by atomic mass is 9.86. The third-order valence-corrected chi connectivity index (χ3v) is 19.9. The number of amides is 5. The highest BCUT2D eigenvalue weighted by Gasteiger charge is 2.34. The number of benzene rings is 3. The highest BCUT2D eigenvalue weighted by Crippen LogP contribution is 2.43. The number of fused-ring (bicyclic) bond motifs is 8. The van der Waals surface area contributed by atoms with Crippen LogP contribution in [0.3, 0.4) is 0 Å². The molecular formula is C73H99ClN12O18PS2+. The van der Waals surface area contributed by atoms with Gasteiger partial charge in [-0.25, -0.2) is 4.68 Å². The molecule has 0 bridgehead atoms. The number of ether oxygens (including phenoxy) is 11. The Morgan fingerprint density at radius 1 is 0.579 bits per heavy atom. The van der Waals surface area contributed by atoms with Gasteiger partial charge in [-0.1, -0.05) is 77.8 Å². The summed E-state index contributed by atoms with van der Waals surface area (Å²) >= 11 is 13.0. The molecule has 1 aliphatic carbocycles. The summed E-state index contributed by atoms with van der Waals surface area (Å²) in [7, 11) is -1.57. The Bertz CT molecular complexity index is 3810. The Hall–Kier alpha value is -7.05. The predicted molar refractivity (Wildman–Crippen MR) is 403 cm³/mol. The first-order chi connectivity index (χ1) is 52.3. The first kappa shape index (κ1) is 84.0. The van der Waals surface area contributed by atoms with Crippen molar-refractivity contribution in [3.63, 3.8) is 0 Å². The topological polar surface area (TPSA) is 330 Å². The number of halogens is 1. The van der Waals surface area contributed by atoms with Gasteiger partial charge in [-0.05, 0) is 73.5 Å². The van der Waals surface area contributed by atoms with Gasteiger partial charge in [0.15, 0.2) is 5.82 Å². The highest BCUT2D eigenvalue weighted by atomic mass is 35.5. The fourth-order valence-corrected chi connectivity index (χ4v) is 13.6. The van der Waals surface area contributed by atoms with Crippen LogP contribution >= 0.6 is 30.1 Å². The van der Waals surface area contributed by atoms with Gasteiger partial charge in [0.2, 0.25) is 41.3 Å². The summed E-state index contributed by atoms with van der Waals surface area (Å²) in [4.78, 5) is 72.7. The molecule has 4 N–H and O–H groups in total. The van der Waals surface area contributed by atoms with E-state index in [1.165, 1.54) is 11.3 Å². The number of aliphatic imine (C=N–C) groups is 1. The van der Waals surface area contributed by atoms with Gasteiger partial charge >= 0.3 is 7.15 Å². The van der Waals surface area contributed by atoms with Crippen LogP contribution in [0.5, 0.6) is 0 Å². The van der Waals surface area contributed by atoms with Gasteiger partial charge in [-0.15, -0.1) is 31.2 Å². The average molecular weight is 1560 g/mol. The van der Waals surface area contributed by atoms with Gasteiger partial charge < -0.3 is 73.0 Å². The molecule has 34 heteroatoms. The first-order valence-corrected chi connectivity index (χ1v) is 39.7. The van der Waals surface area contributed by atoms with Crippen LogP contribution in [0.2, 0.25) is 5.02 Å². The van der Waals surface area contributed by atoms with E-state index >= 15 is 0 Å². The van der Waals surface area contributed by atoms with Gasteiger partial charge in [0.05, 0.1) is 188 Å². The number of rotatable bonds is 53. The lowest BCUT2D eigenvalue weighted by molar-refractivity contribution is -0.129. The zero-order valence-corrected chi connectivity index (χ0v) is 64.4. The number of nitrogens with one attached hydrogen (secondary N) is 4. The molecule has 5 heterocycles. The van der Waals surface area contributed by atoms with E-state index in [1.54, 1.807) is 20.9 Å². The molecule has 30 nitrogen and oxygen atoms in total. The van der Waals surface area contributed by atoms with Crippen LogP contribution < -0.4 is 26.3 Å². The molecule has 582 valence electrons. The largest absolute Gasteiger partial charge is 0.546 e. The van der Waals surface area contributed by atoms with Crippen molar-refractivity contribution in [3.8, 4) is 27.5 Å². The number of hydrogen-bond acceptors (Lipinski definition) is 25. The number of nitrogens with zero attached hydrogens (tertiary/aromatic N) is 8. The summed E-state index contributed by atoms with van der Waals surface area (Å²) in [5.74, 6) is 0.752. The number of thiophene rings is 1. The minimum absolute atomic E-state index is 0.00665. The minimum Gasteiger partial charge on any atom is -0.379 e. The van der Waals surface area contributed by atoms with Crippen molar-refractivity contribution in [2.24, 2.45) is 10.9 Å². The normalized spacial score (nSPS) is 13.9. The second kappa shape index (κ2) is 47.1. The molecule has 0 radical (unpaired) electrons. The lowest BCUT2D eigenvalue weighted by Gasteiger charge is -2.28. The smallest absolute Gasteiger partial charge is 0.379 e. The quantitative estimate of drug-likeness (QED) is 0.0164. The van der Waals surface area contributed by atoms with Crippen LogP contribution in [-0.2, 0) is 110 Å². The summed E-state index contributed by atoms with van der Waals surface area (Å²) in [6.45, 7) is 15.6. The number of para-hydroxylation sites is 1. The van der Waals surface area contributed by atoms with E-state index in [0.29, 0.717) is 180 Å². The molecule has 5 amide bonds. The molecule has 3 aliphatic rings. The lowest BCUT2D eigenvalue weighted by Crippen LogP contribution is -2.34. The zero-order valence-electron chi connectivity index (χ0n) is 61.1. The van der Waals surface area contributed by atoms with E-state index in [9.17, 15) is 24.0 Å². The Labute approximate surface area is 638 Å². The summed E-state index contributed by atoms with van der Waals surface area (Å²) in [6, 6.07) is 22.5. The molecular weight excluding hydrogens is 1460 g/mol. The van der Waals surface area contributed by atoms with E-state index < -0.39 is 13.2 Å². The average Bonchev–Trinajstić information content (AvgIpc) is 1.62. The number of anilines is 1. The number of carbonyl (C=O) groups excluding carboxylic acids is 5. The molecule has 3 aromatic carbocycles. The standard InChI is InChI=1S/C73H98ClN12O18PS2/c1-52-53(2)107-73-68(52)69(56-15-17-58(74)18-16-56)78-61(72-81-79-54(3)86(72)73)49-66(90)77-25-31-96-37-42-100-41-35-95-30-24-76-64(88)21-27-92-33-39-98-45-47-101-43-36-94-29-23-75-63(87)19-20-67(91)84-50-57-11-4-5-12-59(57)70-71(60-13-6-7-14-62(60)84)85(83-80-70)26-32-97-38-44-102-48-46-99-40-34-93-28-22-65(89)82-104-105(106)103-51-55-9-8-10-55/h4-7,11-18,55,61H,8-10,19-51H2,1-3H3,(H3-,75,76,77,82,87,88,89,90)/p+1. The molecule has 3 aromatic heterocycles. The summed E-state index contributed by atoms with van der Waals surface area (Å²) in [5.41, 5.74) is 10.8. The van der Waals surface area contributed by atoms with E-state index in [-0.39, 0.29) is 94.6 Å². The summed E-state index contributed by atoms with van der Waals surface area (Å²) in [5, 5.41) is 28.2. The van der Waals surface area contributed by atoms with Gasteiger partial charge in [0.25, 0.3) is 0 Å². The molecule has 0 spiro atoms. The van der Waals surface area contributed by atoms with Crippen molar-refractivity contribution in [1.82, 2.24) is 51.2 Å². The maximum Gasteiger partial charge on any atom is 0.546 e. The van der Waals surface area contributed by atoms with Crippen molar-refractivity contribution in [1.29, 1.82) is 0 Å². The molecule has 2 aliphatic heterocycles. The number of aryl methyl sites for hydroxylation is 2. The van der Waals surface area contributed by atoms with Gasteiger partial charge in [-0.3, -0.25) is 33.5 Å². The van der Waals surface area contributed by atoms with Crippen molar-refractivity contribution in [3.05, 3.63) is 117 Å². The summed E-state index contributed by atoms with van der Waals surface area (Å²) < 4.78 is 76.3. The minimum atomic E-state index is -1.57. The van der Waals surface area contributed by atoms with Crippen molar-refractivity contribution < 1.29 is 85.2 Å². The Kier molecular flexibility index (Phi) is 37.0. The second-order valence-corrected chi connectivity index (χ2v) is 28.4. The van der Waals surface area contributed by atoms with E-state index in [2.05, 4.69) is 55.8 Å². The van der Waals surface area contributed by atoms with E-state index in [4.69, 9.17) is 89.7 Å². The second-order valence-electron chi connectivity index (χ2n) is 25.0. The highest BCUT2D eigenvalue weighted by molar-refractivity contribution is 8.00. The predicted octanol–water partition coefficient (Wildman–Crippen LogP) is 7.39. The third-order valence-electron chi connectivity index (χ3n) is 17.3. The Morgan fingerprint density at radius 2 is 1.10 bits per heavy atom.